The standard InChI is InChI=1S/C13H9Cl2N/c14-13(15)16-11-7-3-1-5-9(11)10-6-2-4-8-12(10)16/h1-8,13H. The zero-order chi connectivity index (χ0) is 11.1. The summed E-state index contributed by atoms with van der Waals surface area (Å²) < 4.78 is 1.94. The molecule has 3 rings (SSSR count). The van der Waals surface area contributed by atoms with Gasteiger partial charge in [0.15, 0.2) is 4.96 Å². The molecular formula is C13H9Cl2N. The predicted octanol–water partition coefficient (Wildman–Crippen LogP) is 4.73. The van der Waals surface area contributed by atoms with Gasteiger partial charge in [0.1, 0.15) is 0 Å². The van der Waals surface area contributed by atoms with Crippen molar-refractivity contribution in [3.8, 4) is 0 Å². The predicted molar refractivity (Wildman–Crippen MR) is 70.2 cm³/mol. The van der Waals surface area contributed by atoms with Crippen LogP contribution in [0.1, 0.15) is 4.96 Å². The molecule has 0 N–H and O–H groups in total. The van der Waals surface area contributed by atoms with E-state index < -0.39 is 4.96 Å². The Hall–Kier alpha value is -1.18. The molecular weight excluding hydrogens is 241 g/mol. The lowest BCUT2D eigenvalue weighted by Crippen LogP contribution is -1.94. The summed E-state index contributed by atoms with van der Waals surface area (Å²) in [5.41, 5.74) is 2.14. The molecule has 0 radical (unpaired) electrons. The van der Waals surface area contributed by atoms with E-state index in [4.69, 9.17) is 23.2 Å². The Morgan fingerprint density at radius 1 is 0.750 bits per heavy atom. The van der Waals surface area contributed by atoms with Gasteiger partial charge < -0.3 is 4.57 Å². The molecule has 0 bridgehead atoms. The van der Waals surface area contributed by atoms with E-state index in [0.717, 1.165) is 11.0 Å². The molecule has 1 nitrogen and oxygen atoms in total. The lowest BCUT2D eigenvalue weighted by molar-refractivity contribution is 0.938. The number of halogens is 2. The molecule has 3 aromatic rings. The highest BCUT2D eigenvalue weighted by atomic mass is 35.5. The number of hydrogen-bond donors (Lipinski definition) is 0. The van der Waals surface area contributed by atoms with Crippen molar-refractivity contribution in [1.82, 2.24) is 4.57 Å². The van der Waals surface area contributed by atoms with Crippen LogP contribution >= 0.6 is 23.2 Å². The van der Waals surface area contributed by atoms with Crippen molar-refractivity contribution in [2.45, 2.75) is 4.96 Å². The van der Waals surface area contributed by atoms with Crippen LogP contribution in [0.3, 0.4) is 0 Å². The largest absolute Gasteiger partial charge is 0.311 e. The molecule has 0 atom stereocenters. The van der Waals surface area contributed by atoms with Gasteiger partial charge in [-0.2, -0.15) is 0 Å². The van der Waals surface area contributed by atoms with Crippen molar-refractivity contribution in [2.75, 3.05) is 0 Å². The fourth-order valence-electron chi connectivity index (χ4n) is 2.16. The number of rotatable bonds is 1. The smallest absolute Gasteiger partial charge is 0.184 e. The summed E-state index contributed by atoms with van der Waals surface area (Å²) in [6, 6.07) is 16.3. The van der Waals surface area contributed by atoms with Gasteiger partial charge in [0.25, 0.3) is 0 Å². The molecule has 0 saturated heterocycles. The minimum Gasteiger partial charge on any atom is -0.311 e. The van der Waals surface area contributed by atoms with Crippen LogP contribution in [0.4, 0.5) is 0 Å². The Labute approximate surface area is 103 Å². The van der Waals surface area contributed by atoms with Gasteiger partial charge >= 0.3 is 0 Å². The molecule has 0 aliphatic carbocycles. The first-order chi connectivity index (χ1) is 7.79. The van der Waals surface area contributed by atoms with E-state index in [1.54, 1.807) is 0 Å². The number of aromatic nitrogens is 1. The maximum atomic E-state index is 6.03. The van der Waals surface area contributed by atoms with Crippen LogP contribution in [0.15, 0.2) is 48.5 Å². The van der Waals surface area contributed by atoms with Gasteiger partial charge in [-0.05, 0) is 12.1 Å². The number of hydrogen-bond acceptors (Lipinski definition) is 0. The molecule has 80 valence electrons. The average molecular weight is 250 g/mol. The summed E-state index contributed by atoms with van der Waals surface area (Å²) in [4.78, 5) is -0.565. The summed E-state index contributed by atoms with van der Waals surface area (Å²) in [5, 5.41) is 2.37. The Balaban J connectivity index is 2.59. The van der Waals surface area contributed by atoms with Gasteiger partial charge in [0.2, 0.25) is 0 Å². The highest BCUT2D eigenvalue weighted by Gasteiger charge is 2.13. The number of alkyl halides is 2. The number of benzene rings is 2. The lowest BCUT2D eigenvalue weighted by atomic mass is 10.2. The Morgan fingerprint density at radius 2 is 1.19 bits per heavy atom. The van der Waals surface area contributed by atoms with E-state index >= 15 is 0 Å². The first kappa shape index (κ1) is 10.0. The third-order valence-electron chi connectivity index (χ3n) is 2.81. The molecule has 2 aromatic carbocycles. The van der Waals surface area contributed by atoms with Crippen LogP contribution in [0.25, 0.3) is 21.8 Å². The molecule has 0 unspecified atom stereocenters. The van der Waals surface area contributed by atoms with E-state index in [0.29, 0.717) is 0 Å². The minimum absolute atomic E-state index is 0.565. The molecule has 3 heteroatoms. The maximum absolute atomic E-state index is 6.03. The third-order valence-corrected chi connectivity index (χ3v) is 3.20. The Morgan fingerprint density at radius 3 is 1.62 bits per heavy atom. The second kappa shape index (κ2) is 3.69. The second-order valence-electron chi connectivity index (χ2n) is 3.68. The molecule has 0 aliphatic heterocycles. The van der Waals surface area contributed by atoms with E-state index in [9.17, 15) is 0 Å². The van der Waals surface area contributed by atoms with Crippen molar-refractivity contribution in [1.29, 1.82) is 0 Å². The highest BCUT2D eigenvalue weighted by molar-refractivity contribution is 6.42. The topological polar surface area (TPSA) is 4.93 Å². The second-order valence-corrected chi connectivity index (χ2v) is 4.73. The first-order valence-electron chi connectivity index (χ1n) is 5.05. The molecule has 0 amide bonds. The number of nitrogens with zero attached hydrogens (tertiary/aromatic N) is 1. The van der Waals surface area contributed by atoms with E-state index in [-0.39, 0.29) is 0 Å². The molecule has 0 saturated carbocycles. The van der Waals surface area contributed by atoms with Crippen LogP contribution < -0.4 is 0 Å². The van der Waals surface area contributed by atoms with E-state index in [2.05, 4.69) is 12.1 Å². The number of fused-ring (bicyclic) bond motifs is 3. The first-order valence-corrected chi connectivity index (χ1v) is 5.92. The van der Waals surface area contributed by atoms with Crippen molar-refractivity contribution in [2.24, 2.45) is 0 Å². The zero-order valence-corrected chi connectivity index (χ0v) is 9.91. The van der Waals surface area contributed by atoms with Crippen LogP contribution in [0.2, 0.25) is 0 Å². The lowest BCUT2D eigenvalue weighted by Gasteiger charge is -2.06. The van der Waals surface area contributed by atoms with Gasteiger partial charge in [-0.1, -0.05) is 59.6 Å². The minimum atomic E-state index is -0.565. The highest BCUT2D eigenvalue weighted by Crippen LogP contribution is 2.34. The summed E-state index contributed by atoms with van der Waals surface area (Å²) in [5.74, 6) is 0. The summed E-state index contributed by atoms with van der Waals surface area (Å²) in [6.45, 7) is 0. The van der Waals surface area contributed by atoms with Crippen LogP contribution in [0.5, 0.6) is 0 Å². The Kier molecular flexibility index (Phi) is 2.31. The zero-order valence-electron chi connectivity index (χ0n) is 8.40. The Bertz CT molecular complexity index is 602. The van der Waals surface area contributed by atoms with Crippen molar-refractivity contribution >= 4 is 45.0 Å². The monoisotopic (exact) mass is 249 g/mol. The van der Waals surface area contributed by atoms with Crippen molar-refractivity contribution < 1.29 is 0 Å². The fourth-order valence-corrected chi connectivity index (χ4v) is 2.58. The van der Waals surface area contributed by atoms with E-state index in [1.165, 1.54) is 10.8 Å². The quantitative estimate of drug-likeness (QED) is 0.550. The molecule has 0 fully saturated rings. The SMILES string of the molecule is ClC(Cl)n1c2ccccc2c2ccccc21. The third kappa shape index (κ3) is 1.32. The molecule has 1 aromatic heterocycles. The van der Waals surface area contributed by atoms with Crippen LogP contribution in [-0.4, -0.2) is 4.57 Å². The van der Waals surface area contributed by atoms with Crippen molar-refractivity contribution in [3.05, 3.63) is 48.5 Å². The fraction of sp³-hybridized carbons (Fsp3) is 0.0769. The summed E-state index contributed by atoms with van der Waals surface area (Å²) in [7, 11) is 0. The van der Waals surface area contributed by atoms with E-state index in [1.807, 2.05) is 41.0 Å². The average Bonchev–Trinajstić information content (AvgIpc) is 2.63. The summed E-state index contributed by atoms with van der Waals surface area (Å²) >= 11 is 12.1. The van der Waals surface area contributed by atoms with Gasteiger partial charge in [0, 0.05) is 10.8 Å². The van der Waals surface area contributed by atoms with Crippen LogP contribution in [-0.2, 0) is 0 Å². The molecule has 16 heavy (non-hydrogen) atoms. The normalized spacial score (nSPS) is 11.7. The molecule has 0 spiro atoms. The van der Waals surface area contributed by atoms with Gasteiger partial charge in [0.05, 0.1) is 11.0 Å². The van der Waals surface area contributed by atoms with Gasteiger partial charge in [-0.25, -0.2) is 0 Å². The van der Waals surface area contributed by atoms with Crippen molar-refractivity contribution in [3.63, 3.8) is 0 Å². The molecule has 1 heterocycles. The summed E-state index contributed by atoms with van der Waals surface area (Å²) in [6.07, 6.45) is 0. The van der Waals surface area contributed by atoms with Gasteiger partial charge in [-0.15, -0.1) is 0 Å². The van der Waals surface area contributed by atoms with Crippen LogP contribution in [0, 0.1) is 0 Å². The maximum Gasteiger partial charge on any atom is 0.184 e. The van der Waals surface area contributed by atoms with Gasteiger partial charge in [-0.3, -0.25) is 0 Å². The number of para-hydroxylation sites is 2. The molecule has 0 aliphatic rings.